The summed E-state index contributed by atoms with van der Waals surface area (Å²) in [5.74, 6) is -0.110. The standard InChI is InChI=1S/C19H26N4O3S/c1-21-11-15(24)20-18-17(19(21)26)13-6-9-23(10-14(13)27-18)16(25)12-22-7-4-2-3-5-8-22/h2-12H2,1H3,(H,20,24). The fourth-order valence-electron chi connectivity index (χ4n) is 4.16. The monoisotopic (exact) mass is 390 g/mol. The van der Waals surface area contributed by atoms with Crippen molar-refractivity contribution in [2.45, 2.75) is 38.6 Å². The van der Waals surface area contributed by atoms with Crippen LogP contribution in [0.4, 0.5) is 5.00 Å². The van der Waals surface area contributed by atoms with Crippen LogP contribution < -0.4 is 5.32 Å². The Kier molecular flexibility index (Phi) is 5.19. The number of nitrogens with zero attached hydrogens (tertiary/aromatic N) is 3. The van der Waals surface area contributed by atoms with Crippen LogP contribution in [0.25, 0.3) is 0 Å². The van der Waals surface area contributed by atoms with Crippen molar-refractivity contribution in [3.63, 3.8) is 0 Å². The molecule has 27 heavy (non-hydrogen) atoms. The second kappa shape index (κ2) is 7.59. The molecule has 7 nitrogen and oxygen atoms in total. The van der Waals surface area contributed by atoms with Crippen LogP contribution in [0.15, 0.2) is 0 Å². The molecule has 146 valence electrons. The number of anilines is 1. The van der Waals surface area contributed by atoms with Crippen LogP contribution in [0.5, 0.6) is 0 Å². The van der Waals surface area contributed by atoms with Crippen molar-refractivity contribution in [3.8, 4) is 0 Å². The number of likely N-dealkylation sites (tertiary alicyclic amines) is 1. The highest BCUT2D eigenvalue weighted by atomic mass is 32.1. The van der Waals surface area contributed by atoms with E-state index in [2.05, 4.69) is 10.2 Å². The smallest absolute Gasteiger partial charge is 0.257 e. The second-order valence-corrected chi connectivity index (χ2v) is 8.78. The Bertz CT molecular complexity index is 767. The van der Waals surface area contributed by atoms with Crippen molar-refractivity contribution in [3.05, 3.63) is 16.0 Å². The minimum Gasteiger partial charge on any atom is -0.336 e. The Hall–Kier alpha value is -1.93. The molecule has 0 radical (unpaired) electrons. The maximum absolute atomic E-state index is 12.8. The van der Waals surface area contributed by atoms with E-state index in [-0.39, 0.29) is 24.3 Å². The molecule has 3 aliphatic heterocycles. The van der Waals surface area contributed by atoms with Gasteiger partial charge in [0.25, 0.3) is 5.91 Å². The van der Waals surface area contributed by atoms with Gasteiger partial charge < -0.3 is 15.1 Å². The van der Waals surface area contributed by atoms with Crippen LogP contribution in [-0.2, 0) is 22.6 Å². The summed E-state index contributed by atoms with van der Waals surface area (Å²) in [7, 11) is 1.65. The first-order valence-corrected chi connectivity index (χ1v) is 10.5. The summed E-state index contributed by atoms with van der Waals surface area (Å²) in [4.78, 5) is 44.1. The molecule has 8 heteroatoms. The molecule has 0 spiro atoms. The topological polar surface area (TPSA) is 73.0 Å². The quantitative estimate of drug-likeness (QED) is 0.831. The number of hydrogen-bond donors (Lipinski definition) is 1. The molecule has 1 saturated heterocycles. The van der Waals surface area contributed by atoms with E-state index < -0.39 is 0 Å². The van der Waals surface area contributed by atoms with Gasteiger partial charge >= 0.3 is 0 Å². The molecule has 0 atom stereocenters. The first-order valence-electron chi connectivity index (χ1n) is 9.73. The lowest BCUT2D eigenvalue weighted by Gasteiger charge is -2.30. The van der Waals surface area contributed by atoms with Crippen molar-refractivity contribution in [2.75, 3.05) is 45.1 Å². The summed E-state index contributed by atoms with van der Waals surface area (Å²) < 4.78 is 0. The summed E-state index contributed by atoms with van der Waals surface area (Å²) in [5.41, 5.74) is 1.64. The highest BCUT2D eigenvalue weighted by Gasteiger charge is 2.34. The van der Waals surface area contributed by atoms with Gasteiger partial charge in [-0.05, 0) is 37.9 Å². The van der Waals surface area contributed by atoms with Crippen LogP contribution in [0.3, 0.4) is 0 Å². The molecule has 4 heterocycles. The normalized spacial score (nSPS) is 21.2. The third kappa shape index (κ3) is 3.73. The number of carbonyl (C=O) groups is 3. The number of nitrogens with one attached hydrogen (secondary N) is 1. The molecule has 1 aromatic rings. The zero-order valence-corrected chi connectivity index (χ0v) is 16.6. The highest BCUT2D eigenvalue weighted by molar-refractivity contribution is 7.17. The van der Waals surface area contributed by atoms with Crippen LogP contribution in [0.2, 0.25) is 0 Å². The van der Waals surface area contributed by atoms with Crippen molar-refractivity contribution in [1.82, 2.24) is 14.7 Å². The Morgan fingerprint density at radius 2 is 1.81 bits per heavy atom. The van der Waals surface area contributed by atoms with Gasteiger partial charge in [-0.2, -0.15) is 0 Å². The fourth-order valence-corrected chi connectivity index (χ4v) is 5.43. The summed E-state index contributed by atoms with van der Waals surface area (Å²) in [6.07, 6.45) is 5.52. The predicted octanol–water partition coefficient (Wildman–Crippen LogP) is 1.53. The molecule has 0 unspecified atom stereocenters. The van der Waals surface area contributed by atoms with Gasteiger partial charge in [0.1, 0.15) is 5.00 Å². The minimum absolute atomic E-state index is 0.0788. The van der Waals surface area contributed by atoms with Crippen LogP contribution >= 0.6 is 11.3 Å². The van der Waals surface area contributed by atoms with E-state index in [0.29, 0.717) is 36.6 Å². The summed E-state index contributed by atoms with van der Waals surface area (Å²) in [6.45, 7) is 3.74. The zero-order valence-electron chi connectivity index (χ0n) is 15.8. The van der Waals surface area contributed by atoms with E-state index in [9.17, 15) is 14.4 Å². The molecule has 1 N–H and O–H groups in total. The van der Waals surface area contributed by atoms with Crippen molar-refractivity contribution in [2.24, 2.45) is 0 Å². The molecule has 0 aliphatic carbocycles. The van der Waals surface area contributed by atoms with Gasteiger partial charge in [0.15, 0.2) is 0 Å². The van der Waals surface area contributed by atoms with Crippen LogP contribution in [0, 0.1) is 0 Å². The lowest BCUT2D eigenvalue weighted by molar-refractivity contribution is -0.133. The molecular formula is C19H26N4O3S. The minimum atomic E-state index is -0.169. The third-order valence-corrected chi connectivity index (χ3v) is 6.79. The number of carbonyl (C=O) groups excluding carboxylic acids is 3. The van der Waals surface area contributed by atoms with E-state index in [1.54, 1.807) is 7.05 Å². The molecule has 4 rings (SSSR count). The highest BCUT2D eigenvalue weighted by Crippen LogP contribution is 2.38. The number of hydrogen-bond acceptors (Lipinski definition) is 5. The van der Waals surface area contributed by atoms with Gasteiger partial charge in [-0.1, -0.05) is 12.8 Å². The first kappa shape index (κ1) is 18.4. The van der Waals surface area contributed by atoms with Gasteiger partial charge in [-0.25, -0.2) is 0 Å². The van der Waals surface area contributed by atoms with Gasteiger partial charge in [-0.15, -0.1) is 11.3 Å². The van der Waals surface area contributed by atoms with E-state index >= 15 is 0 Å². The molecule has 0 bridgehead atoms. The number of thiophene rings is 1. The molecule has 1 fully saturated rings. The van der Waals surface area contributed by atoms with Gasteiger partial charge in [0.05, 0.1) is 25.2 Å². The van der Waals surface area contributed by atoms with Gasteiger partial charge in [0.2, 0.25) is 11.8 Å². The third-order valence-electron chi connectivity index (χ3n) is 5.66. The first-order chi connectivity index (χ1) is 13.0. The Labute approximate surface area is 163 Å². The number of likely N-dealkylation sites (N-methyl/N-ethyl adjacent to an activating group) is 1. The predicted molar refractivity (Wildman–Crippen MR) is 104 cm³/mol. The summed E-state index contributed by atoms with van der Waals surface area (Å²) in [5, 5.41) is 3.50. The zero-order chi connectivity index (χ0) is 19.0. The summed E-state index contributed by atoms with van der Waals surface area (Å²) >= 11 is 1.44. The Balaban J connectivity index is 1.49. The SMILES string of the molecule is CN1CC(=O)Nc2sc3c(c2C1=O)CCN(C(=O)CN1CCCCCC1)C3. The lowest BCUT2D eigenvalue weighted by atomic mass is 10.0. The molecule has 0 saturated carbocycles. The van der Waals surface area contributed by atoms with Crippen LogP contribution in [0.1, 0.15) is 46.5 Å². The van der Waals surface area contributed by atoms with Gasteiger partial charge in [-0.3, -0.25) is 19.3 Å². The lowest BCUT2D eigenvalue weighted by Crippen LogP contribution is -2.43. The maximum atomic E-state index is 12.8. The largest absolute Gasteiger partial charge is 0.336 e. The molecule has 3 amide bonds. The average molecular weight is 391 g/mol. The Morgan fingerprint density at radius 3 is 2.56 bits per heavy atom. The average Bonchev–Trinajstić information content (AvgIpc) is 2.76. The van der Waals surface area contributed by atoms with E-state index in [1.165, 1.54) is 41.9 Å². The second-order valence-electron chi connectivity index (χ2n) is 7.67. The maximum Gasteiger partial charge on any atom is 0.257 e. The Morgan fingerprint density at radius 1 is 1.07 bits per heavy atom. The molecule has 1 aromatic heterocycles. The van der Waals surface area contributed by atoms with Gasteiger partial charge in [0, 0.05) is 18.5 Å². The van der Waals surface area contributed by atoms with Crippen LogP contribution in [-0.4, -0.2) is 72.2 Å². The van der Waals surface area contributed by atoms with E-state index in [0.717, 1.165) is 23.5 Å². The molecule has 0 aromatic carbocycles. The van der Waals surface area contributed by atoms with Crippen molar-refractivity contribution in [1.29, 1.82) is 0 Å². The summed E-state index contributed by atoms with van der Waals surface area (Å²) in [6, 6.07) is 0. The van der Waals surface area contributed by atoms with E-state index in [1.807, 2.05) is 4.90 Å². The molecular weight excluding hydrogens is 364 g/mol. The number of amides is 3. The van der Waals surface area contributed by atoms with E-state index in [4.69, 9.17) is 0 Å². The number of fused-ring (bicyclic) bond motifs is 3. The van der Waals surface area contributed by atoms with Crippen molar-refractivity contribution < 1.29 is 14.4 Å². The van der Waals surface area contributed by atoms with Crippen molar-refractivity contribution >= 4 is 34.1 Å². The fraction of sp³-hybridized carbons (Fsp3) is 0.632. The number of rotatable bonds is 2. The molecule has 3 aliphatic rings.